The summed E-state index contributed by atoms with van der Waals surface area (Å²) in [5.41, 5.74) is 1.93. The van der Waals surface area contributed by atoms with Crippen LogP contribution >= 0.6 is 0 Å². The van der Waals surface area contributed by atoms with Gasteiger partial charge in [-0.25, -0.2) is 13.2 Å². The summed E-state index contributed by atoms with van der Waals surface area (Å²) in [5.74, 6) is -0.655. The maximum absolute atomic E-state index is 13.6. The standard InChI is InChI=1S/C20H21F3N4O/c1-13(5-6-26(2)12-28)11-27-19-8-15(9-24-18(19)10-25-27)14-3-4-17(21)16(7-14)20(22)23/h3-4,7-10,12-13,20H,5-6,11H2,1-2H3. The van der Waals surface area contributed by atoms with Gasteiger partial charge in [0.15, 0.2) is 0 Å². The lowest BCUT2D eigenvalue weighted by Gasteiger charge is -2.16. The van der Waals surface area contributed by atoms with Crippen molar-refractivity contribution in [2.24, 2.45) is 5.92 Å². The minimum atomic E-state index is -2.88. The van der Waals surface area contributed by atoms with Crippen molar-refractivity contribution >= 4 is 17.4 Å². The van der Waals surface area contributed by atoms with Crippen molar-refractivity contribution in [1.29, 1.82) is 0 Å². The molecule has 8 heteroatoms. The summed E-state index contributed by atoms with van der Waals surface area (Å²) >= 11 is 0. The second kappa shape index (κ2) is 8.41. The fourth-order valence-electron chi connectivity index (χ4n) is 3.01. The van der Waals surface area contributed by atoms with Crippen LogP contribution in [0.2, 0.25) is 0 Å². The van der Waals surface area contributed by atoms with Crippen LogP contribution in [-0.2, 0) is 11.3 Å². The van der Waals surface area contributed by atoms with Crippen LogP contribution in [0.4, 0.5) is 13.2 Å². The molecule has 0 N–H and O–H groups in total. The molecule has 148 valence electrons. The smallest absolute Gasteiger partial charge is 0.266 e. The minimum absolute atomic E-state index is 0.269. The topological polar surface area (TPSA) is 51.0 Å². The molecule has 3 rings (SSSR count). The van der Waals surface area contributed by atoms with Crippen molar-refractivity contribution in [1.82, 2.24) is 19.7 Å². The van der Waals surface area contributed by atoms with Crippen LogP contribution in [0.15, 0.2) is 36.7 Å². The second-order valence-electron chi connectivity index (χ2n) is 6.97. The molecule has 0 saturated heterocycles. The highest BCUT2D eigenvalue weighted by molar-refractivity contribution is 5.80. The molecule has 0 fully saturated rings. The lowest BCUT2D eigenvalue weighted by atomic mass is 10.0. The SMILES string of the molecule is CC(CCN(C)C=O)Cn1ncc2ncc(-c3ccc(F)c(C(F)F)c3)cc21. The van der Waals surface area contributed by atoms with Crippen LogP contribution in [0.3, 0.4) is 0 Å². The average Bonchev–Trinajstić information content (AvgIpc) is 3.08. The van der Waals surface area contributed by atoms with Crippen molar-refractivity contribution in [3.63, 3.8) is 0 Å². The first-order valence-electron chi connectivity index (χ1n) is 8.94. The van der Waals surface area contributed by atoms with Crippen molar-refractivity contribution in [2.75, 3.05) is 13.6 Å². The largest absolute Gasteiger partial charge is 0.348 e. The molecule has 0 spiro atoms. The van der Waals surface area contributed by atoms with E-state index in [0.29, 0.717) is 29.7 Å². The highest BCUT2D eigenvalue weighted by Gasteiger charge is 2.15. The van der Waals surface area contributed by atoms with Crippen LogP contribution in [0, 0.1) is 11.7 Å². The number of pyridine rings is 1. The maximum Gasteiger partial charge on any atom is 0.266 e. The van der Waals surface area contributed by atoms with Gasteiger partial charge < -0.3 is 4.90 Å². The molecule has 0 radical (unpaired) electrons. The number of halogens is 3. The molecule has 5 nitrogen and oxygen atoms in total. The summed E-state index contributed by atoms with van der Waals surface area (Å²) in [7, 11) is 1.73. The van der Waals surface area contributed by atoms with E-state index >= 15 is 0 Å². The van der Waals surface area contributed by atoms with Gasteiger partial charge in [-0.15, -0.1) is 0 Å². The third-order valence-electron chi connectivity index (χ3n) is 4.70. The Balaban J connectivity index is 1.86. The van der Waals surface area contributed by atoms with Crippen LogP contribution < -0.4 is 0 Å². The van der Waals surface area contributed by atoms with Gasteiger partial charge in [-0.05, 0) is 36.1 Å². The van der Waals surface area contributed by atoms with Gasteiger partial charge in [-0.2, -0.15) is 5.10 Å². The van der Waals surface area contributed by atoms with Gasteiger partial charge in [0.25, 0.3) is 6.43 Å². The van der Waals surface area contributed by atoms with Crippen molar-refractivity contribution in [2.45, 2.75) is 26.3 Å². The highest BCUT2D eigenvalue weighted by atomic mass is 19.3. The van der Waals surface area contributed by atoms with Gasteiger partial charge in [0.1, 0.15) is 11.3 Å². The molecule has 0 saturated carbocycles. The molecule has 0 aliphatic heterocycles. The summed E-state index contributed by atoms with van der Waals surface area (Å²) in [6, 6.07) is 5.48. The van der Waals surface area contributed by atoms with E-state index in [0.717, 1.165) is 30.5 Å². The molecular formula is C20H21F3N4O. The zero-order chi connectivity index (χ0) is 20.3. The lowest BCUT2D eigenvalue weighted by molar-refractivity contribution is -0.117. The number of benzene rings is 1. The normalized spacial score (nSPS) is 12.5. The van der Waals surface area contributed by atoms with Crippen molar-refractivity contribution in [3.05, 3.63) is 48.0 Å². The minimum Gasteiger partial charge on any atom is -0.348 e. The average molecular weight is 390 g/mol. The van der Waals surface area contributed by atoms with Gasteiger partial charge in [0.2, 0.25) is 6.41 Å². The molecule has 3 aromatic rings. The number of hydrogen-bond acceptors (Lipinski definition) is 3. The molecule has 2 aromatic heterocycles. The molecule has 1 atom stereocenters. The summed E-state index contributed by atoms with van der Waals surface area (Å²) < 4.78 is 41.4. The summed E-state index contributed by atoms with van der Waals surface area (Å²) in [6.45, 7) is 3.35. The van der Waals surface area contributed by atoms with Crippen LogP contribution in [0.1, 0.15) is 25.3 Å². The van der Waals surface area contributed by atoms with Gasteiger partial charge in [0, 0.05) is 31.9 Å². The second-order valence-corrected chi connectivity index (χ2v) is 6.97. The number of fused-ring (bicyclic) bond motifs is 1. The summed E-state index contributed by atoms with van der Waals surface area (Å²) in [4.78, 5) is 16.6. The molecular weight excluding hydrogens is 369 g/mol. The Kier molecular flexibility index (Phi) is 5.96. The first kappa shape index (κ1) is 19.9. The Morgan fingerprint density at radius 2 is 2.00 bits per heavy atom. The number of rotatable bonds is 8. The van der Waals surface area contributed by atoms with Crippen molar-refractivity contribution < 1.29 is 18.0 Å². The molecule has 1 aromatic carbocycles. The summed E-state index contributed by atoms with van der Waals surface area (Å²) in [5, 5.41) is 4.37. The number of hydrogen-bond donors (Lipinski definition) is 0. The first-order chi connectivity index (χ1) is 13.4. The van der Waals surface area contributed by atoms with Gasteiger partial charge in [0.05, 0.1) is 17.3 Å². The van der Waals surface area contributed by atoms with E-state index in [2.05, 4.69) is 17.0 Å². The van der Waals surface area contributed by atoms with Crippen LogP contribution in [0.25, 0.3) is 22.2 Å². The molecule has 0 aliphatic carbocycles. The van der Waals surface area contributed by atoms with Crippen molar-refractivity contribution in [3.8, 4) is 11.1 Å². The number of nitrogens with zero attached hydrogens (tertiary/aromatic N) is 4. The zero-order valence-corrected chi connectivity index (χ0v) is 15.6. The monoisotopic (exact) mass is 390 g/mol. The van der Waals surface area contributed by atoms with E-state index in [-0.39, 0.29) is 5.92 Å². The fraction of sp³-hybridized carbons (Fsp3) is 0.350. The maximum atomic E-state index is 13.6. The summed E-state index contributed by atoms with van der Waals surface area (Å²) in [6.07, 6.45) is 1.95. The number of amides is 1. The molecule has 2 heterocycles. The van der Waals surface area contributed by atoms with Gasteiger partial charge >= 0.3 is 0 Å². The van der Waals surface area contributed by atoms with E-state index in [4.69, 9.17) is 0 Å². The zero-order valence-electron chi connectivity index (χ0n) is 15.6. The number of carbonyl (C=O) groups excluding carboxylic acids is 1. The van der Waals surface area contributed by atoms with Crippen LogP contribution in [-0.4, -0.2) is 39.7 Å². The van der Waals surface area contributed by atoms with E-state index < -0.39 is 17.8 Å². The number of aromatic nitrogens is 3. The predicted octanol–water partition coefficient (Wildman–Crippen LogP) is 4.29. The lowest BCUT2D eigenvalue weighted by Crippen LogP contribution is -2.20. The van der Waals surface area contributed by atoms with E-state index in [1.165, 1.54) is 6.07 Å². The molecule has 1 unspecified atom stereocenters. The Labute approximate surface area is 160 Å². The van der Waals surface area contributed by atoms with Gasteiger partial charge in [-0.1, -0.05) is 13.0 Å². The molecule has 28 heavy (non-hydrogen) atoms. The molecule has 1 amide bonds. The number of alkyl halides is 2. The van der Waals surface area contributed by atoms with Crippen LogP contribution in [0.5, 0.6) is 0 Å². The van der Waals surface area contributed by atoms with E-state index in [9.17, 15) is 18.0 Å². The molecule has 0 bridgehead atoms. The quantitative estimate of drug-likeness (QED) is 0.539. The third-order valence-corrected chi connectivity index (χ3v) is 4.70. The Hall–Kier alpha value is -2.90. The molecule has 0 aliphatic rings. The highest BCUT2D eigenvalue weighted by Crippen LogP contribution is 2.29. The Bertz CT molecular complexity index is 973. The Morgan fingerprint density at radius 3 is 2.71 bits per heavy atom. The number of carbonyl (C=O) groups is 1. The Morgan fingerprint density at radius 1 is 1.21 bits per heavy atom. The fourth-order valence-corrected chi connectivity index (χ4v) is 3.01. The van der Waals surface area contributed by atoms with E-state index in [1.54, 1.807) is 24.3 Å². The predicted molar refractivity (Wildman–Crippen MR) is 100 cm³/mol. The first-order valence-corrected chi connectivity index (χ1v) is 8.94. The van der Waals surface area contributed by atoms with E-state index in [1.807, 2.05) is 10.7 Å². The van der Waals surface area contributed by atoms with Gasteiger partial charge in [-0.3, -0.25) is 14.5 Å². The third kappa shape index (κ3) is 4.32.